The summed E-state index contributed by atoms with van der Waals surface area (Å²) in [5, 5.41) is 65.2. The fraction of sp³-hybridized carbons (Fsp3) is 0.821. The third-order valence-corrected chi connectivity index (χ3v) is 11.0. The van der Waals surface area contributed by atoms with Gasteiger partial charge in [-0.1, -0.05) is 19.4 Å². The summed E-state index contributed by atoms with van der Waals surface area (Å²) in [7, 11) is 0. The molecule has 0 amide bonds. The van der Waals surface area contributed by atoms with E-state index in [0.29, 0.717) is 37.7 Å². The molecule has 3 fully saturated rings. The molecule has 0 radical (unpaired) electrons. The molecule has 6 N–H and O–H groups in total. The van der Waals surface area contributed by atoms with E-state index in [-0.39, 0.29) is 37.1 Å². The molecule has 0 saturated heterocycles. The molecule has 0 aromatic rings. The number of hydrogen-bond acceptors (Lipinski definition) is 7. The van der Waals surface area contributed by atoms with Gasteiger partial charge in [-0.05, 0) is 100 Å². The van der Waals surface area contributed by atoms with Crippen molar-refractivity contribution < 1.29 is 35.4 Å². The molecule has 0 bridgehead atoms. The van der Waals surface area contributed by atoms with Gasteiger partial charge in [-0.25, -0.2) is 0 Å². The van der Waals surface area contributed by atoms with Crippen molar-refractivity contribution in [2.45, 2.75) is 109 Å². The Kier molecular flexibility index (Phi) is 6.73. The zero-order chi connectivity index (χ0) is 26.1. The Hall–Kier alpha value is -1.09. The molecule has 7 nitrogen and oxygen atoms in total. The number of ketones is 1. The van der Waals surface area contributed by atoms with Gasteiger partial charge in [-0.15, -0.1) is 0 Å². The van der Waals surface area contributed by atoms with Crippen LogP contribution in [-0.2, 0) is 4.79 Å². The van der Waals surface area contributed by atoms with Crippen molar-refractivity contribution in [2.24, 2.45) is 28.6 Å². The first kappa shape index (κ1) is 27.0. The predicted octanol–water partition coefficient (Wildman–Crippen LogP) is 2.02. The van der Waals surface area contributed by atoms with E-state index in [0.717, 1.165) is 11.1 Å². The first-order chi connectivity index (χ1) is 16.1. The molecule has 4 aliphatic rings. The standard InChI is InChI=1S/C28H44O7/c1-15(16(2)14-29)10-24(33)27(5,34)23-7-9-28(35)18-11-20(30)19-12-21(31)22(32)13-25(19,3)17(18)6-8-26(23,28)4/h11,17,19,21-24,29,31-35H,6-10,12-14H2,1-5H3/b16-15-/t17?,19?,21-,22+,23+,24-,25-,26-,27?,28-/m1/s1. The lowest BCUT2D eigenvalue weighted by atomic mass is 9.45. The maximum Gasteiger partial charge on any atom is 0.159 e. The van der Waals surface area contributed by atoms with Gasteiger partial charge >= 0.3 is 0 Å². The largest absolute Gasteiger partial charge is 0.392 e. The minimum atomic E-state index is -1.47. The van der Waals surface area contributed by atoms with E-state index in [1.165, 1.54) is 0 Å². The van der Waals surface area contributed by atoms with Crippen LogP contribution in [0.5, 0.6) is 0 Å². The number of carbonyl (C=O) groups excluding carboxylic acids is 1. The highest BCUT2D eigenvalue weighted by Crippen LogP contribution is 2.68. The van der Waals surface area contributed by atoms with E-state index in [2.05, 4.69) is 0 Å². The average Bonchev–Trinajstić information content (AvgIpc) is 3.07. The van der Waals surface area contributed by atoms with Crippen LogP contribution in [0.15, 0.2) is 22.8 Å². The number of aliphatic hydroxyl groups excluding tert-OH is 4. The molecule has 3 unspecified atom stereocenters. The zero-order valence-electron chi connectivity index (χ0n) is 21.8. The molecule has 4 aliphatic carbocycles. The lowest BCUT2D eigenvalue weighted by Crippen LogP contribution is -2.62. The fourth-order valence-electron chi connectivity index (χ4n) is 8.35. The number of carbonyl (C=O) groups is 1. The highest BCUT2D eigenvalue weighted by Gasteiger charge is 2.69. The maximum atomic E-state index is 13.3. The summed E-state index contributed by atoms with van der Waals surface area (Å²) in [5.74, 6) is -0.956. The van der Waals surface area contributed by atoms with Crippen molar-refractivity contribution >= 4 is 5.78 Å². The summed E-state index contributed by atoms with van der Waals surface area (Å²) in [5.41, 5.74) is -1.73. The Bertz CT molecular complexity index is 938. The van der Waals surface area contributed by atoms with Crippen LogP contribution in [0.25, 0.3) is 0 Å². The lowest BCUT2D eigenvalue weighted by molar-refractivity contribution is -0.174. The van der Waals surface area contributed by atoms with Crippen molar-refractivity contribution in [1.82, 2.24) is 0 Å². The van der Waals surface area contributed by atoms with Gasteiger partial charge in [0, 0.05) is 11.3 Å². The molecule has 0 spiro atoms. The molecule has 35 heavy (non-hydrogen) atoms. The minimum Gasteiger partial charge on any atom is -0.392 e. The third kappa shape index (κ3) is 3.80. The third-order valence-electron chi connectivity index (χ3n) is 11.0. The average molecular weight is 493 g/mol. The van der Waals surface area contributed by atoms with Gasteiger partial charge in [0.25, 0.3) is 0 Å². The van der Waals surface area contributed by atoms with E-state index >= 15 is 0 Å². The van der Waals surface area contributed by atoms with Gasteiger partial charge in [0.2, 0.25) is 0 Å². The number of aliphatic hydroxyl groups is 6. The second kappa shape index (κ2) is 8.74. The first-order valence-corrected chi connectivity index (χ1v) is 13.1. The Morgan fingerprint density at radius 3 is 2.40 bits per heavy atom. The van der Waals surface area contributed by atoms with Gasteiger partial charge in [0.15, 0.2) is 5.78 Å². The Morgan fingerprint density at radius 1 is 1.11 bits per heavy atom. The molecular weight excluding hydrogens is 448 g/mol. The van der Waals surface area contributed by atoms with Crippen molar-refractivity contribution in [3.8, 4) is 0 Å². The SMILES string of the molecule is C/C(CO)=C(\C)C[C@@H](O)C(C)(O)[C@H]1CC[C@@]2(O)C3=CC(=O)C4C[C@@H](O)[C@@H](O)C[C@]4(C)C3CC[C@]12C. The summed E-state index contributed by atoms with van der Waals surface area (Å²) >= 11 is 0. The normalized spacial score (nSPS) is 46.5. The molecule has 10 atom stereocenters. The second-order valence-corrected chi connectivity index (χ2v) is 12.8. The van der Waals surface area contributed by atoms with E-state index in [1.807, 2.05) is 20.8 Å². The quantitative estimate of drug-likeness (QED) is 0.323. The van der Waals surface area contributed by atoms with Crippen molar-refractivity contribution in [3.05, 3.63) is 22.8 Å². The fourth-order valence-corrected chi connectivity index (χ4v) is 8.35. The van der Waals surface area contributed by atoms with Crippen molar-refractivity contribution in [1.29, 1.82) is 0 Å². The molecule has 0 aliphatic heterocycles. The van der Waals surface area contributed by atoms with Crippen LogP contribution in [0.2, 0.25) is 0 Å². The van der Waals surface area contributed by atoms with Crippen LogP contribution >= 0.6 is 0 Å². The predicted molar refractivity (Wildman–Crippen MR) is 131 cm³/mol. The first-order valence-electron chi connectivity index (χ1n) is 13.1. The Labute approximate surface area is 208 Å². The van der Waals surface area contributed by atoms with E-state index < -0.39 is 46.3 Å². The topological polar surface area (TPSA) is 138 Å². The highest BCUT2D eigenvalue weighted by molar-refractivity contribution is 5.95. The van der Waals surface area contributed by atoms with Crippen LogP contribution in [0, 0.1) is 28.6 Å². The van der Waals surface area contributed by atoms with Gasteiger partial charge in [0.1, 0.15) is 0 Å². The number of fused-ring (bicyclic) bond motifs is 5. The molecule has 0 aromatic heterocycles. The van der Waals surface area contributed by atoms with E-state index in [4.69, 9.17) is 0 Å². The van der Waals surface area contributed by atoms with Gasteiger partial charge in [-0.3, -0.25) is 4.79 Å². The van der Waals surface area contributed by atoms with Gasteiger partial charge < -0.3 is 30.6 Å². The zero-order valence-corrected chi connectivity index (χ0v) is 21.8. The molecule has 4 rings (SSSR count). The van der Waals surface area contributed by atoms with Gasteiger partial charge in [0.05, 0.1) is 36.1 Å². The number of hydrogen-bond donors (Lipinski definition) is 6. The van der Waals surface area contributed by atoms with Crippen LogP contribution in [0.4, 0.5) is 0 Å². The Balaban J connectivity index is 1.68. The molecular formula is C28H44O7. The van der Waals surface area contributed by atoms with Crippen LogP contribution in [0.3, 0.4) is 0 Å². The van der Waals surface area contributed by atoms with E-state index in [1.54, 1.807) is 19.9 Å². The molecule has 0 heterocycles. The van der Waals surface area contributed by atoms with Crippen LogP contribution in [0.1, 0.15) is 79.6 Å². The summed E-state index contributed by atoms with van der Waals surface area (Å²) in [4.78, 5) is 13.3. The van der Waals surface area contributed by atoms with Crippen LogP contribution < -0.4 is 0 Å². The minimum absolute atomic E-state index is 0.0866. The Morgan fingerprint density at radius 2 is 1.77 bits per heavy atom. The van der Waals surface area contributed by atoms with Gasteiger partial charge in [-0.2, -0.15) is 0 Å². The summed E-state index contributed by atoms with van der Waals surface area (Å²) < 4.78 is 0. The highest BCUT2D eigenvalue weighted by atomic mass is 16.3. The maximum absolute atomic E-state index is 13.3. The van der Waals surface area contributed by atoms with E-state index in [9.17, 15) is 35.4 Å². The second-order valence-electron chi connectivity index (χ2n) is 12.8. The van der Waals surface area contributed by atoms with Crippen molar-refractivity contribution in [3.63, 3.8) is 0 Å². The number of allylic oxidation sites excluding steroid dienone is 1. The smallest absolute Gasteiger partial charge is 0.159 e. The summed E-state index contributed by atoms with van der Waals surface area (Å²) in [6, 6.07) is 0. The monoisotopic (exact) mass is 492 g/mol. The van der Waals surface area contributed by atoms with Crippen molar-refractivity contribution in [2.75, 3.05) is 6.61 Å². The summed E-state index contributed by atoms with van der Waals surface area (Å²) in [6.07, 6.45) is 1.74. The summed E-state index contributed by atoms with van der Waals surface area (Å²) in [6.45, 7) is 9.17. The molecule has 3 saturated carbocycles. The molecule has 7 heteroatoms. The molecule has 198 valence electrons. The lowest BCUT2D eigenvalue weighted by Gasteiger charge is -2.60. The molecule has 0 aromatic carbocycles. The van der Waals surface area contributed by atoms with Crippen LogP contribution in [-0.4, -0.2) is 72.5 Å². The number of rotatable bonds is 5.